The van der Waals surface area contributed by atoms with E-state index in [2.05, 4.69) is 37.4 Å². The molecule has 0 spiro atoms. The number of ether oxygens (including phenoxy) is 2. The van der Waals surface area contributed by atoms with E-state index in [0.29, 0.717) is 11.7 Å². The Morgan fingerprint density at radius 2 is 1.95 bits per heavy atom. The molecule has 0 aliphatic carbocycles. The van der Waals surface area contributed by atoms with Crippen molar-refractivity contribution in [1.29, 1.82) is 0 Å². The molecule has 1 heterocycles. The second-order valence-electron chi connectivity index (χ2n) is 4.67. The van der Waals surface area contributed by atoms with Crippen molar-refractivity contribution in [3.8, 4) is 0 Å². The van der Waals surface area contributed by atoms with E-state index in [0.717, 1.165) is 31.6 Å². The minimum absolute atomic E-state index is 0.630. The average Bonchev–Trinajstić information content (AvgIpc) is 2.53. The molecule has 2 heteroatoms. The summed E-state index contributed by atoms with van der Waals surface area (Å²) in [6, 6.07) is 6.55. The monoisotopic (exact) mass is 274 g/mol. The van der Waals surface area contributed by atoms with Gasteiger partial charge in [-0.25, -0.2) is 0 Å². The molecular formula is C18H26O2. The number of methoxy groups -OCH3 is 1. The Kier molecular flexibility index (Phi) is 7.14. The van der Waals surface area contributed by atoms with Crippen LogP contribution in [0.3, 0.4) is 0 Å². The molecule has 1 aromatic rings. The Hall–Kier alpha value is -1.50. The minimum Gasteiger partial charge on any atom is -0.489 e. The SMILES string of the molecule is C=C=C(OC)c1ccc(C2CCOCC2)cc1C.CC. The number of benzene rings is 1. The summed E-state index contributed by atoms with van der Waals surface area (Å²) in [7, 11) is 1.65. The lowest BCUT2D eigenvalue weighted by Crippen LogP contribution is -2.14. The van der Waals surface area contributed by atoms with E-state index in [-0.39, 0.29) is 0 Å². The van der Waals surface area contributed by atoms with Crippen molar-refractivity contribution in [2.24, 2.45) is 0 Å². The topological polar surface area (TPSA) is 18.5 Å². The third-order valence-corrected chi connectivity index (χ3v) is 3.55. The first-order valence-corrected chi connectivity index (χ1v) is 7.39. The summed E-state index contributed by atoms with van der Waals surface area (Å²) in [6.45, 7) is 11.5. The van der Waals surface area contributed by atoms with Crippen molar-refractivity contribution >= 4 is 5.76 Å². The zero-order chi connectivity index (χ0) is 15.0. The van der Waals surface area contributed by atoms with Gasteiger partial charge in [0.1, 0.15) is 0 Å². The van der Waals surface area contributed by atoms with Crippen LogP contribution in [0, 0.1) is 6.92 Å². The quantitative estimate of drug-likeness (QED) is 0.588. The van der Waals surface area contributed by atoms with Crippen LogP contribution in [0.1, 0.15) is 49.3 Å². The van der Waals surface area contributed by atoms with Gasteiger partial charge in [0.2, 0.25) is 0 Å². The molecule has 0 amide bonds. The molecular weight excluding hydrogens is 248 g/mol. The van der Waals surface area contributed by atoms with E-state index in [1.807, 2.05) is 13.8 Å². The van der Waals surface area contributed by atoms with Gasteiger partial charge in [0.15, 0.2) is 5.76 Å². The molecule has 1 aliphatic rings. The fourth-order valence-electron chi connectivity index (χ4n) is 2.50. The van der Waals surface area contributed by atoms with E-state index >= 15 is 0 Å². The van der Waals surface area contributed by atoms with Crippen LogP contribution < -0.4 is 0 Å². The van der Waals surface area contributed by atoms with E-state index in [4.69, 9.17) is 9.47 Å². The average molecular weight is 274 g/mol. The van der Waals surface area contributed by atoms with Crippen LogP contribution in [-0.4, -0.2) is 20.3 Å². The molecule has 0 N–H and O–H groups in total. The number of rotatable bonds is 3. The zero-order valence-electron chi connectivity index (χ0n) is 13.2. The molecule has 0 saturated carbocycles. The molecule has 2 rings (SSSR count). The van der Waals surface area contributed by atoms with Gasteiger partial charge in [0.05, 0.1) is 7.11 Å². The maximum Gasteiger partial charge on any atom is 0.168 e. The van der Waals surface area contributed by atoms with Crippen molar-refractivity contribution in [1.82, 2.24) is 0 Å². The number of hydrogen-bond acceptors (Lipinski definition) is 2. The zero-order valence-corrected chi connectivity index (χ0v) is 13.2. The maximum atomic E-state index is 5.41. The molecule has 20 heavy (non-hydrogen) atoms. The fourth-order valence-corrected chi connectivity index (χ4v) is 2.50. The number of aryl methyl sites for hydroxylation is 1. The van der Waals surface area contributed by atoms with Gasteiger partial charge < -0.3 is 9.47 Å². The van der Waals surface area contributed by atoms with Crippen LogP contribution in [0.15, 0.2) is 30.5 Å². The van der Waals surface area contributed by atoms with Gasteiger partial charge in [-0.2, -0.15) is 0 Å². The normalized spacial score (nSPS) is 14.8. The van der Waals surface area contributed by atoms with Crippen molar-refractivity contribution < 1.29 is 9.47 Å². The molecule has 0 radical (unpaired) electrons. The second-order valence-corrected chi connectivity index (χ2v) is 4.67. The summed E-state index contributed by atoms with van der Waals surface area (Å²) in [5, 5.41) is 0. The van der Waals surface area contributed by atoms with Crippen molar-refractivity contribution in [2.45, 2.75) is 39.5 Å². The molecule has 1 aromatic carbocycles. The first kappa shape index (κ1) is 16.6. The van der Waals surface area contributed by atoms with Gasteiger partial charge >= 0.3 is 0 Å². The van der Waals surface area contributed by atoms with Gasteiger partial charge in [0, 0.05) is 18.8 Å². The van der Waals surface area contributed by atoms with Gasteiger partial charge in [0.25, 0.3) is 0 Å². The number of hydrogen-bond donors (Lipinski definition) is 0. The first-order valence-electron chi connectivity index (χ1n) is 7.39. The van der Waals surface area contributed by atoms with Gasteiger partial charge in [-0.3, -0.25) is 0 Å². The maximum absolute atomic E-state index is 5.41. The highest BCUT2D eigenvalue weighted by Crippen LogP contribution is 2.29. The molecule has 0 bridgehead atoms. The third-order valence-electron chi connectivity index (χ3n) is 3.55. The Bertz CT molecular complexity index is 464. The minimum atomic E-state index is 0.630. The highest BCUT2D eigenvalue weighted by atomic mass is 16.5. The Labute approximate surface area is 123 Å². The smallest absolute Gasteiger partial charge is 0.168 e. The summed E-state index contributed by atoms with van der Waals surface area (Å²) in [5.41, 5.74) is 6.52. The lowest BCUT2D eigenvalue weighted by Gasteiger charge is -2.23. The molecule has 110 valence electrons. The van der Waals surface area contributed by atoms with Crippen LogP contribution in [0.5, 0.6) is 0 Å². The molecule has 1 fully saturated rings. The Balaban J connectivity index is 0.000000956. The highest BCUT2D eigenvalue weighted by Gasteiger charge is 2.17. The van der Waals surface area contributed by atoms with Gasteiger partial charge in [-0.05, 0) is 36.8 Å². The van der Waals surface area contributed by atoms with E-state index < -0.39 is 0 Å². The highest BCUT2D eigenvalue weighted by molar-refractivity contribution is 5.62. The van der Waals surface area contributed by atoms with Gasteiger partial charge in [-0.1, -0.05) is 44.4 Å². The summed E-state index contributed by atoms with van der Waals surface area (Å²) in [6.07, 6.45) is 2.24. The van der Waals surface area contributed by atoms with E-state index in [9.17, 15) is 0 Å². The lowest BCUT2D eigenvalue weighted by atomic mass is 9.89. The first-order chi connectivity index (χ1) is 9.76. The van der Waals surface area contributed by atoms with Gasteiger partial charge in [-0.15, -0.1) is 0 Å². The molecule has 1 saturated heterocycles. The van der Waals surface area contributed by atoms with E-state index in [1.165, 1.54) is 11.1 Å². The molecule has 2 nitrogen and oxygen atoms in total. The Morgan fingerprint density at radius 3 is 2.45 bits per heavy atom. The molecule has 0 unspecified atom stereocenters. The predicted molar refractivity (Wildman–Crippen MR) is 84.9 cm³/mol. The second kappa shape index (κ2) is 8.63. The fraction of sp³-hybridized carbons (Fsp3) is 0.500. The molecule has 0 atom stereocenters. The lowest BCUT2D eigenvalue weighted by molar-refractivity contribution is 0.0853. The van der Waals surface area contributed by atoms with Crippen LogP contribution in [-0.2, 0) is 9.47 Å². The van der Waals surface area contributed by atoms with Crippen LogP contribution >= 0.6 is 0 Å². The summed E-state index contributed by atoms with van der Waals surface area (Å²) >= 11 is 0. The van der Waals surface area contributed by atoms with Crippen LogP contribution in [0.4, 0.5) is 0 Å². The van der Waals surface area contributed by atoms with Crippen LogP contribution in [0.25, 0.3) is 5.76 Å². The summed E-state index contributed by atoms with van der Waals surface area (Å²) in [4.78, 5) is 0. The van der Waals surface area contributed by atoms with E-state index in [1.54, 1.807) is 7.11 Å². The standard InChI is InChI=1S/C16H20O2.C2H6/c1-4-16(17-3)15-6-5-14(11-12(15)2)13-7-9-18-10-8-13;1-2/h5-6,11,13H,1,7-10H2,2-3H3;1-2H3. The van der Waals surface area contributed by atoms with Crippen molar-refractivity contribution in [3.05, 3.63) is 47.2 Å². The molecule has 0 aromatic heterocycles. The largest absolute Gasteiger partial charge is 0.489 e. The summed E-state index contributed by atoms with van der Waals surface area (Å²) < 4.78 is 10.7. The third kappa shape index (κ3) is 4.00. The van der Waals surface area contributed by atoms with Crippen molar-refractivity contribution in [2.75, 3.05) is 20.3 Å². The van der Waals surface area contributed by atoms with Crippen molar-refractivity contribution in [3.63, 3.8) is 0 Å². The summed E-state index contributed by atoms with van der Waals surface area (Å²) in [5.74, 6) is 1.34. The molecule has 1 aliphatic heterocycles. The predicted octanol–water partition coefficient (Wildman–Crippen LogP) is 4.69. The Morgan fingerprint density at radius 1 is 1.30 bits per heavy atom. The van der Waals surface area contributed by atoms with Crippen LogP contribution in [0.2, 0.25) is 0 Å².